The predicted octanol–water partition coefficient (Wildman–Crippen LogP) is 4.13. The number of carbonyl (C=O) groups excluding carboxylic acids is 2. The Labute approximate surface area is 165 Å². The number of H-pyrrole nitrogens is 2. The van der Waals surface area contributed by atoms with Crippen molar-refractivity contribution in [3.8, 4) is 0 Å². The summed E-state index contributed by atoms with van der Waals surface area (Å²) in [6.45, 7) is 0. The lowest BCUT2D eigenvalue weighted by molar-refractivity contribution is -0.117. The zero-order valence-electron chi connectivity index (χ0n) is 15.4. The highest BCUT2D eigenvalue weighted by molar-refractivity contribution is 6.48. The Morgan fingerprint density at radius 1 is 0.759 bits per heavy atom. The Kier molecular flexibility index (Phi) is 3.67. The molecule has 0 radical (unpaired) electrons. The van der Waals surface area contributed by atoms with Gasteiger partial charge < -0.3 is 19.8 Å². The molecule has 0 spiro atoms. The minimum absolute atomic E-state index is 0.0519. The SMILES string of the molecule is COC1=C(c2c[nH]c3ccccc23)C(=O)C(O)=C(c2c[nH]c3ccccc23)C1=O. The van der Waals surface area contributed by atoms with Gasteiger partial charge in [-0.15, -0.1) is 0 Å². The third-order valence-electron chi connectivity index (χ3n) is 5.26. The van der Waals surface area contributed by atoms with Crippen LogP contribution in [0.4, 0.5) is 0 Å². The number of nitrogens with one attached hydrogen (secondary N) is 2. The molecule has 0 unspecified atom stereocenters. The van der Waals surface area contributed by atoms with Crippen molar-refractivity contribution in [3.05, 3.63) is 83.6 Å². The van der Waals surface area contributed by atoms with Crippen molar-refractivity contribution >= 4 is 44.5 Å². The fraction of sp³-hybridized carbons (Fsp3) is 0.0435. The van der Waals surface area contributed by atoms with E-state index in [-0.39, 0.29) is 16.9 Å². The van der Waals surface area contributed by atoms with E-state index in [0.717, 1.165) is 21.8 Å². The van der Waals surface area contributed by atoms with Crippen LogP contribution in [0.1, 0.15) is 11.1 Å². The van der Waals surface area contributed by atoms with Crippen molar-refractivity contribution in [2.45, 2.75) is 0 Å². The molecule has 2 heterocycles. The molecule has 0 atom stereocenters. The van der Waals surface area contributed by atoms with Crippen LogP contribution < -0.4 is 0 Å². The number of ether oxygens (including phenoxy) is 1. The van der Waals surface area contributed by atoms with E-state index in [0.29, 0.717) is 11.1 Å². The largest absolute Gasteiger partial charge is 0.504 e. The van der Waals surface area contributed by atoms with Crippen LogP contribution in [0.15, 0.2) is 72.4 Å². The maximum atomic E-state index is 13.3. The fourth-order valence-corrected chi connectivity index (χ4v) is 3.92. The maximum absolute atomic E-state index is 13.3. The predicted molar refractivity (Wildman–Crippen MR) is 110 cm³/mol. The summed E-state index contributed by atoms with van der Waals surface area (Å²) in [6.07, 6.45) is 3.26. The van der Waals surface area contributed by atoms with E-state index in [1.165, 1.54) is 7.11 Å². The lowest BCUT2D eigenvalue weighted by Crippen LogP contribution is -2.23. The Hall–Kier alpha value is -4.06. The van der Waals surface area contributed by atoms with Gasteiger partial charge in [-0.25, -0.2) is 0 Å². The Balaban J connectivity index is 1.74. The van der Waals surface area contributed by atoms with Gasteiger partial charge >= 0.3 is 0 Å². The monoisotopic (exact) mass is 384 g/mol. The number of carbonyl (C=O) groups is 2. The number of hydrogen-bond acceptors (Lipinski definition) is 4. The molecule has 29 heavy (non-hydrogen) atoms. The van der Waals surface area contributed by atoms with Crippen LogP contribution in [0.25, 0.3) is 33.0 Å². The van der Waals surface area contributed by atoms with Crippen LogP contribution in [-0.2, 0) is 14.3 Å². The van der Waals surface area contributed by atoms with Gasteiger partial charge in [0.2, 0.25) is 11.6 Å². The Morgan fingerprint density at radius 3 is 1.83 bits per heavy atom. The van der Waals surface area contributed by atoms with Gasteiger partial charge in [0.25, 0.3) is 0 Å². The van der Waals surface area contributed by atoms with Gasteiger partial charge in [0.15, 0.2) is 11.5 Å². The normalized spacial score (nSPS) is 15.1. The molecular weight excluding hydrogens is 368 g/mol. The molecule has 2 aromatic heterocycles. The molecule has 0 saturated heterocycles. The highest BCUT2D eigenvalue weighted by Gasteiger charge is 2.38. The van der Waals surface area contributed by atoms with Crippen molar-refractivity contribution in [2.24, 2.45) is 0 Å². The summed E-state index contributed by atoms with van der Waals surface area (Å²) in [5.74, 6) is -1.85. The molecule has 5 rings (SSSR count). The van der Waals surface area contributed by atoms with E-state index in [2.05, 4.69) is 9.97 Å². The first kappa shape index (κ1) is 17.1. The molecule has 1 aliphatic carbocycles. The topological polar surface area (TPSA) is 95.2 Å². The molecule has 0 bridgehead atoms. The number of aromatic amines is 2. The summed E-state index contributed by atoms with van der Waals surface area (Å²) in [6, 6.07) is 14.8. The van der Waals surface area contributed by atoms with Gasteiger partial charge in [0.1, 0.15) is 0 Å². The number of allylic oxidation sites excluding steroid dienone is 2. The van der Waals surface area contributed by atoms with Crippen molar-refractivity contribution in [3.63, 3.8) is 0 Å². The maximum Gasteiger partial charge on any atom is 0.232 e. The van der Waals surface area contributed by atoms with Crippen molar-refractivity contribution in [2.75, 3.05) is 7.11 Å². The number of hydrogen-bond donors (Lipinski definition) is 3. The minimum Gasteiger partial charge on any atom is -0.504 e. The van der Waals surface area contributed by atoms with Crippen LogP contribution in [0.5, 0.6) is 0 Å². The fourth-order valence-electron chi connectivity index (χ4n) is 3.92. The number of rotatable bonds is 3. The third kappa shape index (κ3) is 2.36. The first-order valence-electron chi connectivity index (χ1n) is 9.05. The summed E-state index contributed by atoms with van der Waals surface area (Å²) in [7, 11) is 1.35. The molecule has 6 nitrogen and oxygen atoms in total. The number of para-hydroxylation sites is 2. The summed E-state index contributed by atoms with van der Waals surface area (Å²) < 4.78 is 5.39. The van der Waals surface area contributed by atoms with E-state index in [1.807, 2.05) is 48.5 Å². The number of Topliss-reactive ketones (excluding diaryl/α,β-unsaturated/α-hetero) is 2. The number of ketones is 2. The molecule has 4 aromatic rings. The van der Waals surface area contributed by atoms with Crippen LogP contribution in [0.2, 0.25) is 0 Å². The summed E-state index contributed by atoms with van der Waals surface area (Å²) in [5.41, 5.74) is 2.58. The van der Waals surface area contributed by atoms with Gasteiger partial charge in [0, 0.05) is 45.3 Å². The molecule has 0 aliphatic heterocycles. The second kappa shape index (κ2) is 6.24. The molecule has 0 fully saturated rings. The standard InChI is InChI=1S/C23H16N2O4/c1-29-23-19(15-11-25-17-9-5-3-7-13(15)17)21(27)20(26)18(22(23)28)14-10-24-16-8-4-2-6-12(14)16/h2-11,24-26H,1H3. The number of fused-ring (bicyclic) bond motifs is 2. The molecular formula is C23H16N2O4. The summed E-state index contributed by atoms with van der Waals surface area (Å²) >= 11 is 0. The highest BCUT2D eigenvalue weighted by atomic mass is 16.5. The second-order valence-electron chi connectivity index (χ2n) is 6.79. The van der Waals surface area contributed by atoms with Gasteiger partial charge in [-0.3, -0.25) is 9.59 Å². The molecule has 0 amide bonds. The van der Waals surface area contributed by atoms with Crippen LogP contribution in [0, 0.1) is 0 Å². The van der Waals surface area contributed by atoms with E-state index >= 15 is 0 Å². The van der Waals surface area contributed by atoms with Crippen molar-refractivity contribution in [1.82, 2.24) is 9.97 Å². The highest BCUT2D eigenvalue weighted by Crippen LogP contribution is 2.39. The van der Waals surface area contributed by atoms with Crippen LogP contribution >= 0.6 is 0 Å². The van der Waals surface area contributed by atoms with Gasteiger partial charge in [0.05, 0.1) is 18.3 Å². The number of benzene rings is 2. The van der Waals surface area contributed by atoms with E-state index in [4.69, 9.17) is 4.74 Å². The summed E-state index contributed by atoms with van der Waals surface area (Å²) in [4.78, 5) is 32.7. The van der Waals surface area contributed by atoms with E-state index in [1.54, 1.807) is 12.4 Å². The number of aromatic nitrogens is 2. The molecule has 142 valence electrons. The second-order valence-corrected chi connectivity index (χ2v) is 6.79. The number of aliphatic hydroxyl groups excluding tert-OH is 1. The van der Waals surface area contributed by atoms with Crippen LogP contribution in [-0.4, -0.2) is 33.8 Å². The minimum atomic E-state index is -0.647. The van der Waals surface area contributed by atoms with Crippen molar-refractivity contribution in [1.29, 1.82) is 0 Å². The number of methoxy groups -OCH3 is 1. The number of aliphatic hydroxyl groups is 1. The first-order valence-corrected chi connectivity index (χ1v) is 9.05. The third-order valence-corrected chi connectivity index (χ3v) is 5.26. The van der Waals surface area contributed by atoms with Gasteiger partial charge in [-0.2, -0.15) is 0 Å². The zero-order valence-corrected chi connectivity index (χ0v) is 15.4. The molecule has 2 aromatic carbocycles. The molecule has 3 N–H and O–H groups in total. The van der Waals surface area contributed by atoms with Gasteiger partial charge in [-0.05, 0) is 12.1 Å². The van der Waals surface area contributed by atoms with Gasteiger partial charge in [-0.1, -0.05) is 36.4 Å². The van der Waals surface area contributed by atoms with E-state index < -0.39 is 17.3 Å². The van der Waals surface area contributed by atoms with Crippen LogP contribution in [0.3, 0.4) is 0 Å². The van der Waals surface area contributed by atoms with Crippen molar-refractivity contribution < 1.29 is 19.4 Å². The quantitative estimate of drug-likeness (QED) is 0.463. The Morgan fingerprint density at radius 2 is 1.28 bits per heavy atom. The summed E-state index contributed by atoms with van der Waals surface area (Å²) in [5, 5.41) is 12.3. The smallest absolute Gasteiger partial charge is 0.232 e. The van der Waals surface area contributed by atoms with E-state index in [9.17, 15) is 14.7 Å². The average molecular weight is 384 g/mol. The first-order chi connectivity index (χ1) is 14.1. The molecule has 0 saturated carbocycles. The zero-order chi connectivity index (χ0) is 20.1. The lowest BCUT2D eigenvalue weighted by Gasteiger charge is -2.20. The molecule has 6 heteroatoms. The lowest BCUT2D eigenvalue weighted by atomic mass is 9.86. The Bertz CT molecular complexity index is 1380. The molecule has 1 aliphatic rings. The average Bonchev–Trinajstić information content (AvgIpc) is 3.35.